The van der Waals surface area contributed by atoms with Crippen molar-refractivity contribution < 1.29 is 32.2 Å². The van der Waals surface area contributed by atoms with Gasteiger partial charge in [-0.2, -0.15) is 18.2 Å². The lowest BCUT2D eigenvalue weighted by atomic mass is 9.90. The van der Waals surface area contributed by atoms with Crippen LogP contribution in [0.5, 0.6) is 5.88 Å². The average Bonchev–Trinajstić information content (AvgIpc) is 3.17. The summed E-state index contributed by atoms with van der Waals surface area (Å²) < 4.78 is 49.6. The van der Waals surface area contributed by atoms with Gasteiger partial charge in [0.15, 0.2) is 0 Å². The number of anilines is 1. The molecule has 3 amide bonds. The van der Waals surface area contributed by atoms with E-state index in [-0.39, 0.29) is 17.5 Å². The number of fused-ring (bicyclic) bond motifs is 1. The smallest absolute Gasteiger partial charge is 0.416 e. The van der Waals surface area contributed by atoms with Crippen LogP contribution in [0.25, 0.3) is 0 Å². The van der Waals surface area contributed by atoms with Crippen molar-refractivity contribution in [1.82, 2.24) is 14.9 Å². The maximum atomic E-state index is 13.0. The minimum Gasteiger partial charge on any atom is -0.479 e. The Balaban J connectivity index is 1.35. The molecule has 1 fully saturated rings. The second-order valence-corrected chi connectivity index (χ2v) is 8.91. The van der Waals surface area contributed by atoms with Gasteiger partial charge in [0.1, 0.15) is 17.0 Å². The van der Waals surface area contributed by atoms with E-state index in [9.17, 15) is 22.8 Å². The van der Waals surface area contributed by atoms with Crippen molar-refractivity contribution in [3.63, 3.8) is 0 Å². The first kappa shape index (κ1) is 23.9. The number of urea groups is 1. The van der Waals surface area contributed by atoms with Gasteiger partial charge in [0.05, 0.1) is 12.7 Å². The molecule has 9 nitrogen and oxygen atoms in total. The van der Waals surface area contributed by atoms with Crippen molar-refractivity contribution >= 4 is 29.6 Å². The summed E-state index contributed by atoms with van der Waals surface area (Å²) in [6, 6.07) is 4.46. The SMILES string of the molecule is COc1ncnc2c1N(C(N)=O)C(OC(=O)N1CCC(Cc3cccc(C(F)(F)F)c3)CC1)S2. The minimum atomic E-state index is -4.38. The standard InChI is InChI=1S/C21H22F3N5O4S/c1-32-16-15-17(27-11-26-16)34-20(29(15)18(25)30)33-19(31)28-7-5-12(6-8-28)9-13-3-2-4-14(10-13)21(22,23)24/h2-4,10-12,20H,5-9H2,1H3,(H2,25,30). The van der Waals surface area contributed by atoms with Crippen LogP contribution >= 0.6 is 11.8 Å². The highest BCUT2D eigenvalue weighted by Crippen LogP contribution is 2.46. The van der Waals surface area contributed by atoms with Crippen LogP contribution in [-0.4, -0.2) is 52.8 Å². The molecule has 2 aliphatic heterocycles. The summed E-state index contributed by atoms with van der Waals surface area (Å²) in [5.74, 6) is 0.268. The van der Waals surface area contributed by atoms with Crippen molar-refractivity contribution in [2.45, 2.75) is 36.0 Å². The molecule has 2 aliphatic rings. The Labute approximate surface area is 197 Å². The Hall–Kier alpha value is -3.22. The number of amides is 3. The fourth-order valence-electron chi connectivity index (χ4n) is 4.02. The number of piperidine rings is 1. The molecule has 0 saturated carbocycles. The molecule has 0 aliphatic carbocycles. The molecule has 1 unspecified atom stereocenters. The number of alkyl halides is 3. The van der Waals surface area contributed by atoms with Gasteiger partial charge in [-0.25, -0.2) is 19.5 Å². The number of primary amides is 1. The Bertz CT molecular complexity index is 1080. The van der Waals surface area contributed by atoms with Gasteiger partial charge < -0.3 is 20.1 Å². The van der Waals surface area contributed by atoms with Crippen molar-refractivity contribution in [3.05, 3.63) is 41.7 Å². The van der Waals surface area contributed by atoms with E-state index in [0.29, 0.717) is 42.9 Å². The summed E-state index contributed by atoms with van der Waals surface area (Å²) in [5.41, 5.74) is 4.62. The van der Waals surface area contributed by atoms with Crippen LogP contribution in [0.4, 0.5) is 28.4 Å². The van der Waals surface area contributed by atoms with E-state index in [2.05, 4.69) is 9.97 Å². The Morgan fingerprint density at radius 1 is 1.24 bits per heavy atom. The van der Waals surface area contributed by atoms with E-state index in [1.165, 1.54) is 30.5 Å². The van der Waals surface area contributed by atoms with Crippen LogP contribution in [-0.2, 0) is 17.3 Å². The molecule has 34 heavy (non-hydrogen) atoms. The lowest BCUT2D eigenvalue weighted by Gasteiger charge is -2.33. The van der Waals surface area contributed by atoms with Gasteiger partial charge in [-0.1, -0.05) is 18.2 Å². The minimum absolute atomic E-state index is 0.130. The summed E-state index contributed by atoms with van der Waals surface area (Å²) in [5, 5.41) is 0.392. The zero-order chi connectivity index (χ0) is 24.5. The van der Waals surface area contributed by atoms with Crippen LogP contribution in [0, 0.1) is 5.92 Å². The number of aromatic nitrogens is 2. The quantitative estimate of drug-likeness (QED) is 0.639. The number of thioether (sulfide) groups is 1. The number of hydrogen-bond acceptors (Lipinski definition) is 7. The normalized spacial score (nSPS) is 18.5. The van der Waals surface area contributed by atoms with E-state index in [1.54, 1.807) is 6.07 Å². The molecular weight excluding hydrogens is 475 g/mol. The maximum Gasteiger partial charge on any atom is 0.416 e. The van der Waals surface area contributed by atoms with Crippen molar-refractivity contribution in [3.8, 4) is 5.88 Å². The predicted molar refractivity (Wildman–Crippen MR) is 116 cm³/mol. The number of carbonyl (C=O) groups is 2. The maximum absolute atomic E-state index is 13.0. The molecule has 3 heterocycles. The molecule has 13 heteroatoms. The van der Waals surface area contributed by atoms with E-state index in [4.69, 9.17) is 15.2 Å². The zero-order valence-electron chi connectivity index (χ0n) is 18.1. The van der Waals surface area contributed by atoms with Gasteiger partial charge in [-0.05, 0) is 48.6 Å². The molecule has 0 radical (unpaired) electrons. The lowest BCUT2D eigenvalue weighted by Crippen LogP contribution is -2.46. The predicted octanol–water partition coefficient (Wildman–Crippen LogP) is 3.87. The number of ether oxygens (including phenoxy) is 2. The number of nitrogens with two attached hydrogens (primary N) is 1. The van der Waals surface area contributed by atoms with Crippen LogP contribution in [0.15, 0.2) is 35.6 Å². The second-order valence-electron chi connectivity index (χ2n) is 7.89. The summed E-state index contributed by atoms with van der Waals surface area (Å²) in [6.45, 7) is 0.763. The summed E-state index contributed by atoms with van der Waals surface area (Å²) in [7, 11) is 1.38. The van der Waals surface area contributed by atoms with Gasteiger partial charge >= 0.3 is 18.3 Å². The molecule has 182 valence electrons. The van der Waals surface area contributed by atoms with Crippen molar-refractivity contribution in [2.24, 2.45) is 11.7 Å². The molecule has 0 bridgehead atoms. The van der Waals surface area contributed by atoms with E-state index in [0.717, 1.165) is 22.7 Å². The number of likely N-dealkylation sites (tertiary alicyclic amines) is 1. The zero-order valence-corrected chi connectivity index (χ0v) is 18.9. The van der Waals surface area contributed by atoms with E-state index < -0.39 is 29.4 Å². The third-order valence-electron chi connectivity index (χ3n) is 5.70. The molecule has 0 spiro atoms. The van der Waals surface area contributed by atoms with E-state index >= 15 is 0 Å². The summed E-state index contributed by atoms with van der Waals surface area (Å²) >= 11 is 1.03. The highest BCUT2D eigenvalue weighted by atomic mass is 32.2. The Kier molecular flexibility index (Phi) is 6.73. The van der Waals surface area contributed by atoms with E-state index in [1.807, 2.05) is 0 Å². The monoisotopic (exact) mass is 497 g/mol. The molecule has 1 atom stereocenters. The van der Waals surface area contributed by atoms with Crippen molar-refractivity contribution in [1.29, 1.82) is 0 Å². The van der Waals surface area contributed by atoms with Gasteiger partial charge in [-0.15, -0.1) is 0 Å². The second kappa shape index (κ2) is 9.57. The fourth-order valence-corrected chi connectivity index (χ4v) is 5.06. The average molecular weight is 497 g/mol. The van der Waals surface area contributed by atoms with Crippen LogP contribution < -0.4 is 15.4 Å². The first-order chi connectivity index (χ1) is 16.2. The Morgan fingerprint density at radius 3 is 2.62 bits per heavy atom. The number of halogens is 3. The molecule has 1 saturated heterocycles. The van der Waals surface area contributed by atoms with Gasteiger partial charge in [0, 0.05) is 13.1 Å². The largest absolute Gasteiger partial charge is 0.479 e. The third-order valence-corrected chi connectivity index (χ3v) is 6.73. The molecule has 2 N–H and O–H groups in total. The number of rotatable bonds is 4. The third kappa shape index (κ3) is 4.98. The van der Waals surface area contributed by atoms with Crippen LogP contribution in [0.1, 0.15) is 24.0 Å². The Morgan fingerprint density at radius 2 is 1.97 bits per heavy atom. The number of nitrogens with zero attached hydrogens (tertiary/aromatic N) is 4. The molecule has 2 aromatic rings. The first-order valence-corrected chi connectivity index (χ1v) is 11.3. The van der Waals surface area contributed by atoms with Crippen LogP contribution in [0.3, 0.4) is 0 Å². The topological polar surface area (TPSA) is 111 Å². The lowest BCUT2D eigenvalue weighted by molar-refractivity contribution is -0.137. The molecular formula is C21H22F3N5O4S. The fraction of sp³-hybridized carbons (Fsp3) is 0.429. The van der Waals surface area contributed by atoms with Gasteiger partial charge in [0.2, 0.25) is 11.4 Å². The first-order valence-electron chi connectivity index (χ1n) is 10.4. The number of methoxy groups -OCH3 is 1. The van der Waals surface area contributed by atoms with Crippen molar-refractivity contribution in [2.75, 3.05) is 25.1 Å². The number of carbonyl (C=O) groups excluding carboxylic acids is 2. The van der Waals surface area contributed by atoms with Gasteiger partial charge in [0.25, 0.3) is 0 Å². The number of benzene rings is 1. The van der Waals surface area contributed by atoms with Crippen LogP contribution in [0.2, 0.25) is 0 Å². The number of hydrogen-bond donors (Lipinski definition) is 1. The molecule has 4 rings (SSSR count). The molecule has 1 aromatic heterocycles. The highest BCUT2D eigenvalue weighted by Gasteiger charge is 2.41. The summed E-state index contributed by atoms with van der Waals surface area (Å²) in [6.07, 6.45) is -2.02. The molecule has 1 aromatic carbocycles. The highest BCUT2D eigenvalue weighted by molar-refractivity contribution is 8.00. The summed E-state index contributed by atoms with van der Waals surface area (Å²) in [4.78, 5) is 35.4. The van der Waals surface area contributed by atoms with Gasteiger partial charge in [-0.3, -0.25) is 0 Å².